The summed E-state index contributed by atoms with van der Waals surface area (Å²) in [4.78, 5) is 0. The lowest BCUT2D eigenvalue weighted by Gasteiger charge is -1.62. The van der Waals surface area contributed by atoms with Crippen molar-refractivity contribution in [3.63, 3.8) is 0 Å². The zero-order valence-corrected chi connectivity index (χ0v) is 11.5. The lowest BCUT2D eigenvalue weighted by atomic mass is 10.7. The van der Waals surface area contributed by atoms with Crippen LogP contribution >= 0.6 is 0 Å². The Morgan fingerprint density at radius 1 is 0.786 bits per heavy atom. The van der Waals surface area contributed by atoms with Crippen molar-refractivity contribution in [3.8, 4) is 0 Å². The second-order valence-corrected chi connectivity index (χ2v) is 0.642. The van der Waals surface area contributed by atoms with Crippen LogP contribution in [-0.2, 0) is 0 Å². The van der Waals surface area contributed by atoms with Crippen molar-refractivity contribution >= 4 is 12.9 Å². The smallest absolute Gasteiger partial charge is 0.0489 e. The van der Waals surface area contributed by atoms with E-state index in [1.165, 1.54) is 12.3 Å². The molecule has 14 heavy (non-hydrogen) atoms. The Kier molecular flexibility index (Phi) is 326. The molecule has 0 amide bonds. The summed E-state index contributed by atoms with van der Waals surface area (Å²) in [5, 5.41) is 6.53. The largest absolute Gasteiger partial charge is 0.167 e. The van der Waals surface area contributed by atoms with Crippen LogP contribution < -0.4 is 0 Å². The first kappa shape index (κ1) is 29.2. The molecule has 2 heteroatoms. The van der Waals surface area contributed by atoms with Crippen molar-refractivity contribution in [1.82, 2.24) is 0 Å². The summed E-state index contributed by atoms with van der Waals surface area (Å²) < 4.78 is 0. The quantitative estimate of drug-likeness (QED) is 0.446. The van der Waals surface area contributed by atoms with E-state index in [4.69, 9.17) is 0 Å². The van der Waals surface area contributed by atoms with Gasteiger partial charge in [0.25, 0.3) is 0 Å². The Balaban J connectivity index is -0.0000000287. The fourth-order valence-electron chi connectivity index (χ4n) is 0.0943. The number of hydrogen-bond acceptors (Lipinski definition) is 2. The molecule has 2 nitrogen and oxygen atoms in total. The molecule has 0 heterocycles. The summed E-state index contributed by atoms with van der Waals surface area (Å²) in [6.45, 7) is 22.5. The summed E-state index contributed by atoms with van der Waals surface area (Å²) in [5.41, 5.74) is 0. The number of nitrogens with zero attached hydrogens (tertiary/aromatic N) is 2. The predicted molar refractivity (Wildman–Crippen MR) is 73.6 cm³/mol. The molecule has 0 aromatic heterocycles. The van der Waals surface area contributed by atoms with E-state index in [9.17, 15) is 0 Å². The number of allylic oxidation sites excluding steroid dienone is 1. The topological polar surface area (TPSA) is 24.7 Å². The molecule has 0 aliphatic rings. The molecule has 0 aromatic rings. The van der Waals surface area contributed by atoms with Crippen molar-refractivity contribution in [2.45, 2.75) is 55.4 Å². The molecule has 0 N–H and O–H groups in total. The minimum absolute atomic E-state index is 1.47. The fourth-order valence-corrected chi connectivity index (χ4v) is 0.0943. The highest BCUT2D eigenvalue weighted by atomic mass is 15.2. The molecular formula is C12H30N2. The lowest BCUT2D eigenvalue weighted by molar-refractivity contribution is 1.28. The summed E-state index contributed by atoms with van der Waals surface area (Å²) in [6.07, 6.45) is 3.00. The summed E-state index contributed by atoms with van der Waals surface area (Å²) >= 11 is 0. The van der Waals surface area contributed by atoms with Crippen molar-refractivity contribution in [2.24, 2.45) is 10.2 Å². The third-order valence-corrected chi connectivity index (χ3v) is 0.254. The van der Waals surface area contributed by atoms with Gasteiger partial charge in [-0.2, -0.15) is 10.2 Å². The van der Waals surface area contributed by atoms with Crippen molar-refractivity contribution in [3.05, 3.63) is 12.7 Å². The van der Waals surface area contributed by atoms with Gasteiger partial charge in [0.1, 0.15) is 0 Å². The van der Waals surface area contributed by atoms with Crippen LogP contribution in [0.5, 0.6) is 0 Å². The zero-order valence-electron chi connectivity index (χ0n) is 11.5. The van der Waals surface area contributed by atoms with Gasteiger partial charge in [-0.1, -0.05) is 62.0 Å². The number of rotatable bonds is 2. The van der Waals surface area contributed by atoms with Crippen molar-refractivity contribution < 1.29 is 0 Å². The molecular weight excluding hydrogens is 172 g/mol. The minimum atomic E-state index is 1.47. The second kappa shape index (κ2) is 156. The van der Waals surface area contributed by atoms with Gasteiger partial charge in [-0.15, -0.1) is 0 Å². The van der Waals surface area contributed by atoms with Crippen LogP contribution in [0.1, 0.15) is 55.4 Å². The van der Waals surface area contributed by atoms with Gasteiger partial charge in [0, 0.05) is 12.9 Å². The van der Waals surface area contributed by atoms with Crippen molar-refractivity contribution in [1.29, 1.82) is 0 Å². The third kappa shape index (κ3) is 260. The highest BCUT2D eigenvalue weighted by molar-refractivity contribution is 5.69. The van der Waals surface area contributed by atoms with Crippen LogP contribution in [0, 0.1) is 0 Å². The normalized spacial score (nSPS) is 5.43. The third-order valence-electron chi connectivity index (χ3n) is 0.254. The van der Waals surface area contributed by atoms with Gasteiger partial charge in [-0.05, 0) is 6.08 Å². The summed E-state index contributed by atoms with van der Waals surface area (Å²) in [5.74, 6) is 0. The highest BCUT2D eigenvalue weighted by Gasteiger charge is 1.47. The van der Waals surface area contributed by atoms with E-state index in [1.54, 1.807) is 0 Å². The molecule has 0 saturated heterocycles. The SMILES string of the molecule is C=C/C=N\N=C.CC.CC.CC.CC. The molecule has 0 atom stereocenters. The molecule has 0 unspecified atom stereocenters. The molecule has 88 valence electrons. The van der Waals surface area contributed by atoms with Crippen LogP contribution in [0.4, 0.5) is 0 Å². The van der Waals surface area contributed by atoms with E-state index < -0.39 is 0 Å². The molecule has 0 radical (unpaired) electrons. The molecule has 0 spiro atoms. The van der Waals surface area contributed by atoms with Gasteiger partial charge >= 0.3 is 0 Å². The van der Waals surface area contributed by atoms with E-state index in [2.05, 4.69) is 23.5 Å². The van der Waals surface area contributed by atoms with Crippen molar-refractivity contribution in [2.75, 3.05) is 0 Å². The Bertz CT molecular complexity index is 66.4. The highest BCUT2D eigenvalue weighted by Crippen LogP contribution is 1.59. The average Bonchev–Trinajstić information content (AvgIpc) is 2.36. The van der Waals surface area contributed by atoms with Crippen LogP contribution in [0.2, 0.25) is 0 Å². The Morgan fingerprint density at radius 3 is 1.14 bits per heavy atom. The van der Waals surface area contributed by atoms with Gasteiger partial charge in [0.15, 0.2) is 0 Å². The van der Waals surface area contributed by atoms with Gasteiger partial charge in [0.2, 0.25) is 0 Å². The maximum absolute atomic E-state index is 3.36. The van der Waals surface area contributed by atoms with Gasteiger partial charge in [-0.25, -0.2) is 0 Å². The summed E-state index contributed by atoms with van der Waals surface area (Å²) in [7, 11) is 0. The predicted octanol–water partition coefficient (Wildman–Crippen LogP) is 4.96. The van der Waals surface area contributed by atoms with Gasteiger partial charge < -0.3 is 0 Å². The minimum Gasteiger partial charge on any atom is -0.167 e. The first-order valence-corrected chi connectivity index (χ1v) is 5.52. The Labute approximate surface area is 91.8 Å². The van der Waals surface area contributed by atoms with Crippen LogP contribution in [0.3, 0.4) is 0 Å². The molecule has 0 aliphatic heterocycles. The summed E-state index contributed by atoms with van der Waals surface area (Å²) in [6, 6.07) is 0. The number of hydrogen-bond donors (Lipinski definition) is 0. The van der Waals surface area contributed by atoms with E-state index in [-0.39, 0.29) is 0 Å². The van der Waals surface area contributed by atoms with E-state index in [1.807, 2.05) is 55.4 Å². The van der Waals surface area contributed by atoms with Gasteiger partial charge in [0.05, 0.1) is 0 Å². The standard InChI is InChI=1S/C4H6N2.4C2H6/c1-3-4-6-5-2;4*1-2/h3-4H,1-2H2;4*1-2H3/b6-4-;;;;. The van der Waals surface area contributed by atoms with Crippen LogP contribution in [-0.4, -0.2) is 12.9 Å². The maximum atomic E-state index is 3.36. The monoisotopic (exact) mass is 202 g/mol. The molecule has 0 fully saturated rings. The van der Waals surface area contributed by atoms with E-state index >= 15 is 0 Å². The molecule has 0 aliphatic carbocycles. The molecule has 0 rings (SSSR count). The van der Waals surface area contributed by atoms with Gasteiger partial charge in [-0.3, -0.25) is 0 Å². The maximum Gasteiger partial charge on any atom is 0.0489 e. The fraction of sp³-hybridized carbons (Fsp3) is 0.667. The second-order valence-electron chi connectivity index (χ2n) is 0.642. The Morgan fingerprint density at radius 2 is 1.07 bits per heavy atom. The van der Waals surface area contributed by atoms with E-state index in [0.29, 0.717) is 0 Å². The first-order chi connectivity index (χ1) is 6.91. The van der Waals surface area contributed by atoms with E-state index in [0.717, 1.165) is 0 Å². The molecule has 0 bridgehead atoms. The van der Waals surface area contributed by atoms with Crippen LogP contribution in [0.25, 0.3) is 0 Å². The molecule has 0 aromatic carbocycles. The van der Waals surface area contributed by atoms with Crippen LogP contribution in [0.15, 0.2) is 22.9 Å². The molecule has 0 saturated carbocycles. The first-order valence-electron chi connectivity index (χ1n) is 5.52. The zero-order chi connectivity index (χ0) is 12.8. The Hall–Kier alpha value is -0.920. The average molecular weight is 202 g/mol. The lowest BCUT2D eigenvalue weighted by Crippen LogP contribution is -1.53.